The van der Waals surface area contributed by atoms with E-state index >= 15 is 0 Å². The highest BCUT2D eigenvalue weighted by Crippen LogP contribution is 2.29. The molecule has 34 heavy (non-hydrogen) atoms. The third-order valence-electron chi connectivity index (χ3n) is 6.06. The molecule has 1 aromatic rings. The Bertz CT molecular complexity index is 868. The Labute approximate surface area is 206 Å². The predicted molar refractivity (Wildman–Crippen MR) is 131 cm³/mol. The number of anilines is 1. The van der Waals surface area contributed by atoms with Crippen molar-refractivity contribution in [2.24, 2.45) is 5.92 Å². The number of piperidine rings is 1. The first-order valence-corrected chi connectivity index (χ1v) is 12.2. The molecule has 1 aromatic carbocycles. The Kier molecular flexibility index (Phi) is 8.89. The zero-order chi connectivity index (χ0) is 24.9. The number of nitrogen functional groups attached to an aromatic ring is 1. The fourth-order valence-electron chi connectivity index (χ4n) is 4.28. The molecule has 2 aliphatic rings. The Balaban J connectivity index is 1.44. The molecule has 0 unspecified atom stereocenters. The molecule has 9 nitrogen and oxygen atoms in total. The van der Waals surface area contributed by atoms with Crippen molar-refractivity contribution in [3.05, 3.63) is 22.7 Å². The molecule has 1 atom stereocenters. The van der Waals surface area contributed by atoms with E-state index in [4.69, 9.17) is 31.5 Å². The van der Waals surface area contributed by atoms with Crippen molar-refractivity contribution in [3.63, 3.8) is 0 Å². The van der Waals surface area contributed by atoms with Crippen LogP contribution in [0.4, 0.5) is 10.5 Å². The molecule has 2 fully saturated rings. The number of methoxy groups -OCH3 is 1. The second kappa shape index (κ2) is 11.5. The van der Waals surface area contributed by atoms with Crippen molar-refractivity contribution in [1.29, 1.82) is 0 Å². The van der Waals surface area contributed by atoms with Gasteiger partial charge < -0.3 is 30.2 Å². The topological polar surface area (TPSA) is 106 Å². The molecule has 3 rings (SSSR count). The van der Waals surface area contributed by atoms with Gasteiger partial charge in [-0.3, -0.25) is 9.69 Å². The third kappa shape index (κ3) is 7.38. The Morgan fingerprint density at radius 2 is 1.94 bits per heavy atom. The van der Waals surface area contributed by atoms with Gasteiger partial charge in [0.1, 0.15) is 11.4 Å². The van der Waals surface area contributed by atoms with Gasteiger partial charge in [-0.05, 0) is 45.6 Å². The summed E-state index contributed by atoms with van der Waals surface area (Å²) in [5, 5.41) is 3.23. The highest BCUT2D eigenvalue weighted by molar-refractivity contribution is 6.33. The molecule has 0 radical (unpaired) electrons. The molecule has 2 saturated heterocycles. The van der Waals surface area contributed by atoms with Gasteiger partial charge in [0.15, 0.2) is 0 Å². The van der Waals surface area contributed by atoms with Crippen LogP contribution in [0.2, 0.25) is 5.02 Å². The van der Waals surface area contributed by atoms with E-state index in [-0.39, 0.29) is 18.1 Å². The Hall–Kier alpha value is -2.23. The molecule has 10 heteroatoms. The van der Waals surface area contributed by atoms with Gasteiger partial charge in [0, 0.05) is 45.3 Å². The van der Waals surface area contributed by atoms with Crippen LogP contribution in [-0.2, 0) is 9.47 Å². The maximum absolute atomic E-state index is 12.7. The molecule has 2 heterocycles. The first-order chi connectivity index (χ1) is 16.1. The zero-order valence-electron chi connectivity index (χ0n) is 20.6. The first kappa shape index (κ1) is 26.4. The van der Waals surface area contributed by atoms with E-state index in [9.17, 15) is 9.59 Å². The van der Waals surface area contributed by atoms with Crippen LogP contribution in [0.15, 0.2) is 12.1 Å². The summed E-state index contributed by atoms with van der Waals surface area (Å²) in [4.78, 5) is 29.2. The number of rotatable bonds is 6. The highest BCUT2D eigenvalue weighted by atomic mass is 35.5. The lowest BCUT2D eigenvalue weighted by Crippen LogP contribution is -2.50. The van der Waals surface area contributed by atoms with Crippen LogP contribution >= 0.6 is 11.6 Å². The Morgan fingerprint density at radius 3 is 2.59 bits per heavy atom. The van der Waals surface area contributed by atoms with Crippen LogP contribution in [0.5, 0.6) is 5.75 Å². The van der Waals surface area contributed by atoms with Gasteiger partial charge in [0.25, 0.3) is 5.91 Å². The van der Waals surface area contributed by atoms with Crippen LogP contribution in [0, 0.1) is 5.92 Å². The smallest absolute Gasteiger partial charge is 0.410 e. The minimum absolute atomic E-state index is 0.102. The normalized spacial score (nSPS) is 20.1. The van der Waals surface area contributed by atoms with Crippen LogP contribution in [0.3, 0.4) is 0 Å². The van der Waals surface area contributed by atoms with Crippen LogP contribution < -0.4 is 15.8 Å². The van der Waals surface area contributed by atoms with Gasteiger partial charge >= 0.3 is 6.09 Å². The molecule has 0 bridgehead atoms. The van der Waals surface area contributed by atoms with Crippen LogP contribution in [0.1, 0.15) is 44.0 Å². The molecular weight excluding hydrogens is 460 g/mol. The molecule has 190 valence electrons. The second-order valence-corrected chi connectivity index (χ2v) is 10.4. The number of nitrogens with two attached hydrogens (primary N) is 1. The molecule has 0 aromatic heterocycles. The lowest BCUT2D eigenvalue weighted by atomic mass is 9.96. The fraction of sp³-hybridized carbons (Fsp3) is 0.667. The van der Waals surface area contributed by atoms with Crippen molar-refractivity contribution in [1.82, 2.24) is 15.1 Å². The number of likely N-dealkylation sites (tertiary alicyclic amines) is 1. The maximum atomic E-state index is 12.7. The molecule has 3 N–H and O–H groups in total. The number of halogens is 1. The largest absolute Gasteiger partial charge is 0.496 e. The summed E-state index contributed by atoms with van der Waals surface area (Å²) in [5.74, 6) is 0.616. The Morgan fingerprint density at radius 1 is 1.24 bits per heavy atom. The van der Waals surface area contributed by atoms with Crippen LogP contribution in [0.25, 0.3) is 0 Å². The summed E-state index contributed by atoms with van der Waals surface area (Å²) >= 11 is 6.08. The van der Waals surface area contributed by atoms with Gasteiger partial charge in [-0.1, -0.05) is 11.6 Å². The minimum Gasteiger partial charge on any atom is -0.496 e. The number of nitrogens with one attached hydrogen (secondary N) is 1. The summed E-state index contributed by atoms with van der Waals surface area (Å²) in [5.41, 5.74) is 6.02. The second-order valence-electron chi connectivity index (χ2n) is 9.95. The number of carbonyl (C=O) groups is 2. The lowest BCUT2D eigenvalue weighted by Gasteiger charge is -2.38. The molecule has 2 aliphatic heterocycles. The molecule has 0 aliphatic carbocycles. The number of hydrogen-bond donors (Lipinski definition) is 2. The van der Waals surface area contributed by atoms with Crippen molar-refractivity contribution in [2.45, 2.75) is 45.3 Å². The van der Waals surface area contributed by atoms with E-state index in [2.05, 4.69) is 10.2 Å². The summed E-state index contributed by atoms with van der Waals surface area (Å²) in [6.45, 7) is 10.7. The van der Waals surface area contributed by atoms with E-state index < -0.39 is 5.60 Å². The summed E-state index contributed by atoms with van der Waals surface area (Å²) in [6, 6.07) is 3.06. The van der Waals surface area contributed by atoms with E-state index in [1.165, 1.54) is 13.2 Å². The predicted octanol–water partition coefficient (Wildman–Crippen LogP) is 3.01. The third-order valence-corrected chi connectivity index (χ3v) is 6.39. The van der Waals surface area contributed by atoms with Gasteiger partial charge in [-0.15, -0.1) is 0 Å². The molecule has 0 spiro atoms. The van der Waals surface area contributed by atoms with E-state index in [1.54, 1.807) is 11.0 Å². The minimum atomic E-state index is -0.475. The molecular formula is C24H37ClN4O5. The molecule has 2 amide bonds. The number of amides is 2. The van der Waals surface area contributed by atoms with Crippen molar-refractivity contribution >= 4 is 29.3 Å². The van der Waals surface area contributed by atoms with E-state index in [0.29, 0.717) is 41.1 Å². The van der Waals surface area contributed by atoms with Gasteiger partial charge in [-0.2, -0.15) is 0 Å². The molecule has 0 saturated carbocycles. The number of nitrogens with zero attached hydrogens (tertiary/aromatic N) is 2. The quantitative estimate of drug-likeness (QED) is 0.583. The van der Waals surface area contributed by atoms with Crippen LogP contribution in [-0.4, -0.2) is 86.5 Å². The number of benzene rings is 1. The fourth-order valence-corrected chi connectivity index (χ4v) is 4.44. The van der Waals surface area contributed by atoms with Gasteiger partial charge in [-0.25, -0.2) is 4.79 Å². The maximum Gasteiger partial charge on any atom is 0.410 e. The lowest BCUT2D eigenvalue weighted by molar-refractivity contribution is -0.0342. The average molecular weight is 497 g/mol. The van der Waals surface area contributed by atoms with Crippen molar-refractivity contribution in [2.75, 3.05) is 58.7 Å². The summed E-state index contributed by atoms with van der Waals surface area (Å²) < 4.78 is 16.6. The number of ether oxygens (including phenoxy) is 3. The number of hydrogen-bond acceptors (Lipinski definition) is 7. The van der Waals surface area contributed by atoms with Gasteiger partial charge in [0.05, 0.1) is 36.1 Å². The van der Waals surface area contributed by atoms with Gasteiger partial charge in [0.2, 0.25) is 0 Å². The average Bonchev–Trinajstić information content (AvgIpc) is 2.78. The summed E-state index contributed by atoms with van der Waals surface area (Å²) in [6.07, 6.45) is 1.58. The van der Waals surface area contributed by atoms with E-state index in [1.807, 2.05) is 20.8 Å². The summed E-state index contributed by atoms with van der Waals surface area (Å²) in [7, 11) is 1.49. The van der Waals surface area contributed by atoms with Crippen molar-refractivity contribution in [3.8, 4) is 5.75 Å². The number of carbonyl (C=O) groups excluding carboxylic acids is 2. The monoisotopic (exact) mass is 496 g/mol. The SMILES string of the molecule is COc1cc(N)c(Cl)cc1C(=O)NC[C@H]1CN(CC2CCN(C(=O)OC(C)(C)C)CC2)CCO1. The highest BCUT2D eigenvalue weighted by Gasteiger charge is 2.29. The zero-order valence-corrected chi connectivity index (χ0v) is 21.3. The van der Waals surface area contributed by atoms with Crippen molar-refractivity contribution < 1.29 is 23.8 Å². The number of morpholine rings is 1. The first-order valence-electron chi connectivity index (χ1n) is 11.8. The van der Waals surface area contributed by atoms with E-state index in [0.717, 1.165) is 45.6 Å². The standard InChI is InChI=1S/C24H37ClN4O5/c1-24(2,3)34-23(31)29-7-5-16(6-8-29)14-28-9-10-33-17(15-28)13-27-22(30)18-11-19(25)20(26)12-21(18)32-4/h11-12,16-17H,5-10,13-15,26H2,1-4H3,(H,27,30)/t17-/m0/s1.